The van der Waals surface area contributed by atoms with E-state index in [1.807, 2.05) is 18.5 Å². The average molecular weight is 354 g/mol. The number of aryl methyl sites for hydroxylation is 2. The fourth-order valence-corrected chi connectivity index (χ4v) is 2.49. The zero-order chi connectivity index (χ0) is 15.4. The molecular formula is C14H20BrN5O. The molecule has 0 fully saturated rings. The van der Waals surface area contributed by atoms with E-state index >= 15 is 0 Å². The Hall–Kier alpha value is -1.63. The molecule has 0 aliphatic heterocycles. The number of hydrogen-bond acceptors (Lipinski definition) is 4. The predicted molar refractivity (Wildman–Crippen MR) is 86.7 cm³/mol. The minimum absolute atomic E-state index is 0.121. The molecular weight excluding hydrogens is 334 g/mol. The highest BCUT2D eigenvalue weighted by atomic mass is 79.9. The van der Waals surface area contributed by atoms with Crippen LogP contribution in [0.5, 0.6) is 0 Å². The van der Waals surface area contributed by atoms with E-state index in [1.165, 1.54) is 4.68 Å². The minimum atomic E-state index is -0.121. The van der Waals surface area contributed by atoms with Gasteiger partial charge in [0, 0.05) is 19.2 Å². The Morgan fingerprint density at radius 2 is 2.10 bits per heavy atom. The highest BCUT2D eigenvalue weighted by Gasteiger charge is 2.13. The molecule has 2 rings (SSSR count). The molecule has 7 heteroatoms. The highest BCUT2D eigenvalue weighted by molar-refractivity contribution is 9.10. The first kappa shape index (κ1) is 15.8. The van der Waals surface area contributed by atoms with Crippen LogP contribution in [0, 0.1) is 6.92 Å². The Balaban J connectivity index is 2.26. The van der Waals surface area contributed by atoms with Crippen molar-refractivity contribution < 1.29 is 0 Å². The Kier molecular flexibility index (Phi) is 5.17. The molecule has 21 heavy (non-hydrogen) atoms. The van der Waals surface area contributed by atoms with E-state index in [0.29, 0.717) is 6.54 Å². The van der Waals surface area contributed by atoms with E-state index in [-0.39, 0.29) is 5.56 Å². The molecule has 0 spiro atoms. The Morgan fingerprint density at radius 1 is 1.33 bits per heavy atom. The maximum Gasteiger partial charge on any atom is 0.269 e. The lowest BCUT2D eigenvalue weighted by molar-refractivity contribution is 0.558. The summed E-state index contributed by atoms with van der Waals surface area (Å²) in [6.07, 6.45) is 2.69. The summed E-state index contributed by atoms with van der Waals surface area (Å²) < 4.78 is 4.27. The predicted octanol–water partition coefficient (Wildman–Crippen LogP) is 2.40. The summed E-state index contributed by atoms with van der Waals surface area (Å²) in [6.45, 7) is 8.03. The normalized spacial score (nSPS) is 10.9. The summed E-state index contributed by atoms with van der Waals surface area (Å²) in [5.74, 6) is 0. The third-order valence-electron chi connectivity index (χ3n) is 3.20. The van der Waals surface area contributed by atoms with Crippen LogP contribution >= 0.6 is 15.9 Å². The van der Waals surface area contributed by atoms with Gasteiger partial charge in [0.25, 0.3) is 5.56 Å². The zero-order valence-electron chi connectivity index (χ0n) is 12.6. The smallest absolute Gasteiger partial charge is 0.269 e. The lowest BCUT2D eigenvalue weighted by atomic mass is 10.3. The highest BCUT2D eigenvalue weighted by Crippen LogP contribution is 2.21. The van der Waals surface area contributed by atoms with E-state index in [4.69, 9.17) is 0 Å². The second-order valence-electron chi connectivity index (χ2n) is 4.83. The standard InChI is InChI=1S/C14H20BrN5O/c1-4-6-16-11-7-13(21)20(17-8-11)9-12-14(15)10(3)18-19(12)5-2/h7-8,16H,4-6,9H2,1-3H3. The van der Waals surface area contributed by atoms with Crippen LogP contribution in [0.3, 0.4) is 0 Å². The van der Waals surface area contributed by atoms with Crippen molar-refractivity contribution in [3.63, 3.8) is 0 Å². The number of rotatable bonds is 6. The van der Waals surface area contributed by atoms with Crippen LogP contribution in [0.15, 0.2) is 21.5 Å². The third-order valence-corrected chi connectivity index (χ3v) is 4.23. The molecule has 0 radical (unpaired) electrons. The van der Waals surface area contributed by atoms with Crippen LogP contribution in [0.25, 0.3) is 0 Å². The number of halogens is 1. The van der Waals surface area contributed by atoms with Crippen LogP contribution in [0.1, 0.15) is 31.7 Å². The molecule has 0 amide bonds. The van der Waals surface area contributed by atoms with Crippen molar-refractivity contribution in [1.82, 2.24) is 19.6 Å². The van der Waals surface area contributed by atoms with Gasteiger partial charge in [0.1, 0.15) is 0 Å². The number of nitrogens with one attached hydrogen (secondary N) is 1. The Bertz CT molecular complexity index is 676. The maximum atomic E-state index is 12.1. The second kappa shape index (κ2) is 6.89. The van der Waals surface area contributed by atoms with Gasteiger partial charge < -0.3 is 5.32 Å². The first-order chi connectivity index (χ1) is 10.1. The van der Waals surface area contributed by atoms with Crippen molar-refractivity contribution in [2.24, 2.45) is 0 Å². The molecule has 0 unspecified atom stereocenters. The number of hydrogen-bond donors (Lipinski definition) is 1. The first-order valence-corrected chi connectivity index (χ1v) is 7.88. The molecule has 0 saturated heterocycles. The van der Waals surface area contributed by atoms with Gasteiger partial charge in [-0.15, -0.1) is 0 Å². The topological polar surface area (TPSA) is 64.7 Å². The minimum Gasteiger partial charge on any atom is -0.384 e. The van der Waals surface area contributed by atoms with Crippen molar-refractivity contribution in [1.29, 1.82) is 0 Å². The van der Waals surface area contributed by atoms with E-state index in [9.17, 15) is 4.79 Å². The largest absolute Gasteiger partial charge is 0.384 e. The van der Waals surface area contributed by atoms with Gasteiger partial charge in [-0.05, 0) is 36.2 Å². The Labute approximate surface area is 132 Å². The van der Waals surface area contributed by atoms with Crippen molar-refractivity contribution in [2.75, 3.05) is 11.9 Å². The van der Waals surface area contributed by atoms with Crippen LogP contribution in [-0.2, 0) is 13.1 Å². The van der Waals surface area contributed by atoms with Gasteiger partial charge in [-0.2, -0.15) is 10.2 Å². The summed E-state index contributed by atoms with van der Waals surface area (Å²) in [5.41, 5.74) is 2.52. The monoisotopic (exact) mass is 353 g/mol. The summed E-state index contributed by atoms with van der Waals surface area (Å²) in [6, 6.07) is 1.58. The fraction of sp³-hybridized carbons (Fsp3) is 0.500. The van der Waals surface area contributed by atoms with E-state index in [1.54, 1.807) is 12.3 Å². The molecule has 2 heterocycles. The molecule has 2 aromatic rings. The maximum absolute atomic E-state index is 12.1. The van der Waals surface area contributed by atoms with Crippen molar-refractivity contribution in [3.8, 4) is 0 Å². The van der Waals surface area contributed by atoms with Crippen LogP contribution in [-0.4, -0.2) is 26.1 Å². The van der Waals surface area contributed by atoms with Crippen LogP contribution in [0.2, 0.25) is 0 Å². The van der Waals surface area contributed by atoms with Gasteiger partial charge in [0.05, 0.1) is 34.3 Å². The molecule has 114 valence electrons. The molecule has 1 N–H and O–H groups in total. The first-order valence-electron chi connectivity index (χ1n) is 7.09. The van der Waals surface area contributed by atoms with Gasteiger partial charge in [-0.1, -0.05) is 6.92 Å². The van der Waals surface area contributed by atoms with E-state index < -0.39 is 0 Å². The summed E-state index contributed by atoms with van der Waals surface area (Å²) in [5, 5.41) is 11.8. The fourth-order valence-electron chi connectivity index (χ4n) is 2.08. The molecule has 2 aromatic heterocycles. The lowest BCUT2D eigenvalue weighted by Gasteiger charge is -2.09. The molecule has 0 aliphatic carbocycles. The van der Waals surface area contributed by atoms with Crippen LogP contribution < -0.4 is 10.9 Å². The quantitative estimate of drug-likeness (QED) is 0.865. The zero-order valence-corrected chi connectivity index (χ0v) is 14.1. The molecule has 0 aliphatic rings. The molecule has 0 saturated carbocycles. The van der Waals surface area contributed by atoms with E-state index in [2.05, 4.69) is 38.4 Å². The van der Waals surface area contributed by atoms with Gasteiger partial charge in [-0.25, -0.2) is 4.68 Å². The second-order valence-corrected chi connectivity index (χ2v) is 5.62. The molecule has 0 bridgehead atoms. The van der Waals surface area contributed by atoms with E-state index in [0.717, 1.165) is 41.1 Å². The van der Waals surface area contributed by atoms with Gasteiger partial charge in [0.15, 0.2) is 0 Å². The summed E-state index contributed by atoms with van der Waals surface area (Å²) in [4.78, 5) is 12.1. The average Bonchev–Trinajstić information content (AvgIpc) is 2.75. The van der Waals surface area contributed by atoms with Gasteiger partial charge in [0.2, 0.25) is 0 Å². The third kappa shape index (κ3) is 3.53. The summed E-state index contributed by atoms with van der Waals surface area (Å²) >= 11 is 3.53. The lowest BCUT2D eigenvalue weighted by Crippen LogP contribution is -2.24. The van der Waals surface area contributed by atoms with Gasteiger partial charge in [-0.3, -0.25) is 9.48 Å². The molecule has 0 atom stereocenters. The number of aromatic nitrogens is 4. The van der Waals surface area contributed by atoms with Gasteiger partial charge >= 0.3 is 0 Å². The van der Waals surface area contributed by atoms with Crippen molar-refractivity contribution in [3.05, 3.63) is 38.5 Å². The molecule has 6 nitrogen and oxygen atoms in total. The molecule has 0 aromatic carbocycles. The number of nitrogens with zero attached hydrogens (tertiary/aromatic N) is 4. The Morgan fingerprint density at radius 3 is 2.71 bits per heavy atom. The summed E-state index contributed by atoms with van der Waals surface area (Å²) in [7, 11) is 0. The SMILES string of the molecule is CCCNc1cnn(Cc2c(Br)c(C)nn2CC)c(=O)c1. The number of anilines is 1. The van der Waals surface area contributed by atoms with Crippen LogP contribution in [0.4, 0.5) is 5.69 Å². The van der Waals surface area contributed by atoms with Crippen molar-refractivity contribution in [2.45, 2.75) is 40.3 Å². The van der Waals surface area contributed by atoms with Crippen molar-refractivity contribution >= 4 is 21.6 Å².